The molecule has 0 saturated heterocycles. The van der Waals surface area contributed by atoms with Gasteiger partial charge in [-0.25, -0.2) is 0 Å². The Balaban J connectivity index is 0. The van der Waals surface area contributed by atoms with Crippen LogP contribution in [0.15, 0.2) is 30.3 Å². The fraction of sp³-hybridized carbons (Fsp3) is 0.364. The maximum absolute atomic E-state index is 3.82. The molecule has 0 aromatic heterocycles. The molecule has 0 aliphatic carbocycles. The Hall–Kier alpha value is 0.716. The monoisotopic (exact) mass is 298 g/mol. The van der Waals surface area contributed by atoms with Gasteiger partial charge in [0.05, 0.1) is 0 Å². The maximum Gasteiger partial charge on any atom is 2.00 e. The minimum Gasteiger partial charge on any atom is -1.00 e. The van der Waals surface area contributed by atoms with E-state index >= 15 is 0 Å². The van der Waals surface area contributed by atoms with Crippen molar-refractivity contribution in [2.24, 2.45) is 0 Å². The van der Waals surface area contributed by atoms with E-state index in [0.717, 1.165) is 6.42 Å². The van der Waals surface area contributed by atoms with Gasteiger partial charge in [-0.1, -0.05) is 43.2 Å². The molecule has 0 N–H and O–H groups in total. The van der Waals surface area contributed by atoms with Gasteiger partial charge in [0, 0.05) is 0 Å². The molecule has 0 aliphatic heterocycles. The molecule has 0 unspecified atom stereocenters. The minimum atomic E-state index is 0. The van der Waals surface area contributed by atoms with Gasteiger partial charge in [0.15, 0.2) is 0 Å². The van der Waals surface area contributed by atoms with Crippen molar-refractivity contribution in [2.45, 2.75) is 25.7 Å². The molecule has 0 nitrogen and oxygen atoms in total. The van der Waals surface area contributed by atoms with Crippen LogP contribution in [-0.4, -0.2) is 23.1 Å². The predicted molar refractivity (Wildman–Crippen MR) is 55.1 cm³/mol. The number of hydrogen-bond donors (Lipinski definition) is 0. The number of aryl methyl sites for hydroxylation is 1. The Bertz CT molecular complexity index is 187. The van der Waals surface area contributed by atoms with Gasteiger partial charge >= 0.3 is 23.1 Å². The summed E-state index contributed by atoms with van der Waals surface area (Å²) in [5.74, 6) is 0. The second kappa shape index (κ2) is 10.8. The smallest absolute Gasteiger partial charge is 1.00 e. The fourth-order valence-electron chi connectivity index (χ4n) is 1.15. The van der Waals surface area contributed by atoms with Crippen LogP contribution in [0.4, 0.5) is 0 Å². The maximum atomic E-state index is 3.82. The zero-order chi connectivity index (χ0) is 7.94. The Kier molecular flexibility index (Phi) is 13.4. The van der Waals surface area contributed by atoms with Gasteiger partial charge in [0.1, 0.15) is 0 Å². The van der Waals surface area contributed by atoms with Crippen molar-refractivity contribution in [1.82, 2.24) is 0 Å². The second-order valence-electron chi connectivity index (χ2n) is 2.80. The van der Waals surface area contributed by atoms with E-state index in [1.807, 2.05) is 0 Å². The van der Waals surface area contributed by atoms with Gasteiger partial charge in [0.25, 0.3) is 0 Å². The molecule has 0 saturated carbocycles. The Morgan fingerprint density at radius 1 is 1.00 bits per heavy atom. The largest absolute Gasteiger partial charge is 2.00 e. The average Bonchev–Trinajstić information content (AvgIpc) is 2.07. The molecule has 2 heteroatoms. The summed E-state index contributed by atoms with van der Waals surface area (Å²) in [6.45, 7) is 3.82. The van der Waals surface area contributed by atoms with E-state index in [4.69, 9.17) is 0 Å². The summed E-state index contributed by atoms with van der Waals surface area (Å²) in [6, 6.07) is 10.6. The number of rotatable bonds is 4. The molecule has 0 radical (unpaired) electrons. The molecule has 0 spiro atoms. The quantitative estimate of drug-likeness (QED) is 0.314. The van der Waals surface area contributed by atoms with Crippen molar-refractivity contribution < 1.29 is 24.0 Å². The van der Waals surface area contributed by atoms with Crippen molar-refractivity contribution in [3.8, 4) is 0 Å². The van der Waals surface area contributed by atoms with E-state index in [9.17, 15) is 0 Å². The Labute approximate surface area is 115 Å². The van der Waals surface area contributed by atoms with Crippen molar-refractivity contribution in [3.63, 3.8) is 0 Å². The number of unbranched alkanes of at least 4 members (excludes halogenated alkanes) is 2. The summed E-state index contributed by atoms with van der Waals surface area (Å²) < 4.78 is 0. The van der Waals surface area contributed by atoms with Crippen LogP contribution in [0.2, 0.25) is 0 Å². The van der Waals surface area contributed by atoms with Crippen molar-refractivity contribution in [1.29, 1.82) is 0 Å². The first-order valence-corrected chi connectivity index (χ1v) is 4.26. The van der Waals surface area contributed by atoms with Gasteiger partial charge in [-0.05, 0) is 12.0 Å². The van der Waals surface area contributed by atoms with Crippen LogP contribution in [0.1, 0.15) is 24.8 Å². The van der Waals surface area contributed by atoms with Gasteiger partial charge in [0.2, 0.25) is 0 Å². The van der Waals surface area contributed by atoms with Crippen LogP contribution in [0, 0.1) is 6.92 Å². The average molecular weight is 298 g/mol. The normalized spacial score (nSPS) is 8.38. The van der Waals surface area contributed by atoms with E-state index in [1.165, 1.54) is 24.8 Å². The van der Waals surface area contributed by atoms with Gasteiger partial charge in [-0.15, -0.1) is 0 Å². The van der Waals surface area contributed by atoms with E-state index in [0.29, 0.717) is 0 Å². The molecule has 0 aliphatic rings. The standard InChI is InChI=1S/C11H15.HI.Mg/c1-2-3-5-8-11-9-6-4-7-10-11;;/h4,6-7,9-10H,1-3,5,8H2;1H;/q-1;;+2/p-1. The molecule has 1 rings (SSSR count). The minimum absolute atomic E-state index is 0. The summed E-state index contributed by atoms with van der Waals surface area (Å²) in [5, 5.41) is 0. The summed E-state index contributed by atoms with van der Waals surface area (Å²) >= 11 is 0. The van der Waals surface area contributed by atoms with Crippen molar-refractivity contribution in [3.05, 3.63) is 42.8 Å². The molecular formula is C11H15IMg. The second-order valence-corrected chi connectivity index (χ2v) is 2.80. The third-order valence-electron chi connectivity index (χ3n) is 1.81. The first-order chi connectivity index (χ1) is 5.43. The number of benzene rings is 1. The van der Waals surface area contributed by atoms with Crippen LogP contribution in [0.25, 0.3) is 0 Å². The molecule has 0 fully saturated rings. The SMILES string of the molecule is [CH2-]CCCCc1ccccc1.[I-].[Mg+2]. The topological polar surface area (TPSA) is 0 Å². The Morgan fingerprint density at radius 2 is 1.62 bits per heavy atom. The zero-order valence-electron chi connectivity index (χ0n) is 8.01. The molecule has 1 aromatic carbocycles. The summed E-state index contributed by atoms with van der Waals surface area (Å²) in [6.07, 6.45) is 4.78. The van der Waals surface area contributed by atoms with Gasteiger partial charge in [-0.3, -0.25) is 0 Å². The van der Waals surface area contributed by atoms with E-state index < -0.39 is 0 Å². The van der Waals surface area contributed by atoms with Crippen LogP contribution < -0.4 is 24.0 Å². The summed E-state index contributed by atoms with van der Waals surface area (Å²) in [4.78, 5) is 0. The molecule has 13 heavy (non-hydrogen) atoms. The molecular weight excluding hydrogens is 283 g/mol. The van der Waals surface area contributed by atoms with Gasteiger partial charge in [-0.2, -0.15) is 6.42 Å². The number of halogens is 1. The third-order valence-corrected chi connectivity index (χ3v) is 1.81. The molecule has 0 atom stereocenters. The molecule has 0 bridgehead atoms. The summed E-state index contributed by atoms with van der Waals surface area (Å²) in [5.41, 5.74) is 1.45. The third kappa shape index (κ3) is 7.76. The van der Waals surface area contributed by atoms with Gasteiger partial charge < -0.3 is 30.9 Å². The van der Waals surface area contributed by atoms with E-state index in [1.54, 1.807) is 0 Å². The summed E-state index contributed by atoms with van der Waals surface area (Å²) in [7, 11) is 0. The van der Waals surface area contributed by atoms with Crippen molar-refractivity contribution >= 4 is 23.1 Å². The molecule has 0 heterocycles. The van der Waals surface area contributed by atoms with E-state index in [-0.39, 0.29) is 47.0 Å². The van der Waals surface area contributed by atoms with E-state index in [2.05, 4.69) is 37.3 Å². The van der Waals surface area contributed by atoms with Crippen LogP contribution in [0.3, 0.4) is 0 Å². The van der Waals surface area contributed by atoms with Crippen molar-refractivity contribution in [2.75, 3.05) is 0 Å². The first kappa shape index (κ1) is 16.2. The zero-order valence-corrected chi connectivity index (χ0v) is 11.6. The molecule has 0 amide bonds. The molecule has 68 valence electrons. The fourth-order valence-corrected chi connectivity index (χ4v) is 1.15. The Morgan fingerprint density at radius 3 is 2.15 bits per heavy atom. The van der Waals surface area contributed by atoms with Crippen LogP contribution in [0.5, 0.6) is 0 Å². The predicted octanol–water partition coefficient (Wildman–Crippen LogP) is -0.143. The van der Waals surface area contributed by atoms with Crippen LogP contribution in [-0.2, 0) is 6.42 Å². The molecule has 1 aromatic rings. The number of hydrogen-bond acceptors (Lipinski definition) is 0. The van der Waals surface area contributed by atoms with Crippen LogP contribution >= 0.6 is 0 Å². The first-order valence-electron chi connectivity index (χ1n) is 4.26.